The van der Waals surface area contributed by atoms with E-state index in [2.05, 4.69) is 10.2 Å². The van der Waals surface area contributed by atoms with Crippen LogP contribution in [-0.2, 0) is 27.2 Å². The van der Waals surface area contributed by atoms with Crippen molar-refractivity contribution in [3.8, 4) is 0 Å². The number of quaternary nitrogens is 1. The molecule has 2 rings (SSSR count). The number of hydrogen-bond acceptors (Lipinski definition) is 3. The van der Waals surface area contributed by atoms with E-state index in [0.29, 0.717) is 0 Å². The van der Waals surface area contributed by atoms with E-state index in [-0.39, 0.29) is 4.90 Å². The molecule has 0 aromatic heterocycles. The first kappa shape index (κ1) is 9.64. The Balaban J connectivity index is 2.48. The third-order valence-electron chi connectivity index (χ3n) is 2.51. The van der Waals surface area contributed by atoms with Crippen molar-refractivity contribution < 1.29 is 18.6 Å². The van der Waals surface area contributed by atoms with Gasteiger partial charge in [0.25, 0.3) is 0 Å². The van der Waals surface area contributed by atoms with Gasteiger partial charge in [-0.15, -0.1) is 0 Å². The topological polar surface area (TPSA) is 71.0 Å². The van der Waals surface area contributed by atoms with Gasteiger partial charge in [0.1, 0.15) is 0 Å². The van der Waals surface area contributed by atoms with Crippen LogP contribution >= 0.6 is 0 Å². The third-order valence-corrected chi connectivity index (χ3v) is 3.66. The average Bonchev–Trinajstić information content (AvgIpc) is 2.64. The van der Waals surface area contributed by atoms with Gasteiger partial charge < -0.3 is 0 Å². The van der Waals surface area contributed by atoms with E-state index in [4.69, 9.17) is 0 Å². The summed E-state index contributed by atoms with van der Waals surface area (Å²) in [6.45, 7) is 0. The van der Waals surface area contributed by atoms with Crippen molar-refractivity contribution in [2.45, 2.75) is 24.2 Å². The van der Waals surface area contributed by atoms with Gasteiger partial charge in [-0.25, -0.2) is 0 Å². The maximum Gasteiger partial charge on any atom is 0.342 e. The Hall–Kier alpha value is -0.910. The predicted octanol–water partition coefficient (Wildman–Crippen LogP) is 0.0375. The van der Waals surface area contributed by atoms with Crippen molar-refractivity contribution in [2.24, 2.45) is 0 Å². The second-order valence-corrected chi connectivity index (χ2v) is 4.97. The number of fused-ring (bicyclic) bond motifs is 1. The minimum Gasteiger partial charge on any atom is -0.193 e. The van der Waals surface area contributed by atoms with Crippen LogP contribution in [0.2, 0.25) is 0 Å². The zero-order chi connectivity index (χ0) is 10.2. The van der Waals surface area contributed by atoms with Crippen molar-refractivity contribution in [3.63, 3.8) is 0 Å². The molecule has 1 aromatic rings. The summed E-state index contributed by atoms with van der Waals surface area (Å²) in [5.41, 5.74) is 2.36. The van der Waals surface area contributed by atoms with E-state index in [9.17, 15) is 8.42 Å². The van der Waals surface area contributed by atoms with Crippen LogP contribution in [0.4, 0.5) is 0 Å². The molecule has 5 heteroatoms. The first-order chi connectivity index (χ1) is 6.63. The zero-order valence-corrected chi connectivity index (χ0v) is 8.51. The van der Waals surface area contributed by atoms with E-state index >= 15 is 0 Å². The Morgan fingerprint density at radius 1 is 1.21 bits per heavy atom. The summed E-state index contributed by atoms with van der Waals surface area (Å²) in [4.78, 5) is 0.202. The zero-order valence-electron chi connectivity index (χ0n) is 7.69. The predicted molar refractivity (Wildman–Crippen MR) is 49.6 cm³/mol. The lowest BCUT2D eigenvalue weighted by molar-refractivity contribution is -0.635. The van der Waals surface area contributed by atoms with E-state index in [1.165, 1.54) is 5.56 Å². The summed E-state index contributed by atoms with van der Waals surface area (Å²) in [7, 11) is -3.63. The second-order valence-electron chi connectivity index (χ2n) is 3.36. The summed E-state index contributed by atoms with van der Waals surface area (Å²) in [5, 5.41) is 0. The summed E-state index contributed by atoms with van der Waals surface area (Å²) in [6, 6.07) is 5.11. The van der Waals surface area contributed by atoms with Gasteiger partial charge in [-0.05, 0) is 42.5 Å². The highest BCUT2D eigenvalue weighted by Crippen LogP contribution is 2.24. The van der Waals surface area contributed by atoms with Gasteiger partial charge in [0, 0.05) is 0 Å². The Morgan fingerprint density at radius 2 is 1.93 bits per heavy atom. The maximum absolute atomic E-state index is 11.3. The van der Waals surface area contributed by atoms with Crippen molar-refractivity contribution in [2.75, 3.05) is 0 Å². The SMILES string of the molecule is [NH3+]OS(=O)(=O)c1ccc2c(c1)CCC2. The summed E-state index contributed by atoms with van der Waals surface area (Å²) in [5.74, 6) is 2.94. The van der Waals surface area contributed by atoms with Crippen LogP contribution in [0.25, 0.3) is 0 Å². The molecular formula is C9H12NO3S+. The molecule has 1 aliphatic carbocycles. The van der Waals surface area contributed by atoms with Gasteiger partial charge in [-0.1, -0.05) is 10.4 Å². The quantitative estimate of drug-likeness (QED) is 0.706. The van der Waals surface area contributed by atoms with Gasteiger partial charge in [-0.2, -0.15) is 14.3 Å². The molecule has 0 radical (unpaired) electrons. The minimum atomic E-state index is -3.63. The third kappa shape index (κ3) is 1.54. The first-order valence-electron chi connectivity index (χ1n) is 4.44. The highest BCUT2D eigenvalue weighted by atomic mass is 32.2. The van der Waals surface area contributed by atoms with Crippen LogP contribution in [0.3, 0.4) is 0 Å². The molecule has 0 aliphatic heterocycles. The Bertz CT molecular complexity index is 453. The molecular weight excluding hydrogens is 202 g/mol. The molecule has 76 valence electrons. The fourth-order valence-corrected chi connectivity index (χ4v) is 2.43. The Kier molecular flexibility index (Phi) is 2.30. The first-order valence-corrected chi connectivity index (χ1v) is 5.85. The largest absolute Gasteiger partial charge is 0.342 e. The highest BCUT2D eigenvalue weighted by Gasteiger charge is 2.19. The lowest BCUT2D eigenvalue weighted by Crippen LogP contribution is -2.51. The Morgan fingerprint density at radius 3 is 2.64 bits per heavy atom. The van der Waals surface area contributed by atoms with E-state index in [1.54, 1.807) is 12.1 Å². The van der Waals surface area contributed by atoms with Gasteiger partial charge in [0.2, 0.25) is 0 Å². The van der Waals surface area contributed by atoms with E-state index in [0.717, 1.165) is 24.8 Å². The second kappa shape index (κ2) is 3.34. The summed E-state index contributed by atoms with van der Waals surface area (Å²) in [6.07, 6.45) is 3.10. The molecule has 1 aromatic carbocycles. The van der Waals surface area contributed by atoms with Crippen LogP contribution in [-0.4, -0.2) is 8.42 Å². The fraction of sp³-hybridized carbons (Fsp3) is 0.333. The molecule has 0 heterocycles. The highest BCUT2D eigenvalue weighted by molar-refractivity contribution is 7.86. The van der Waals surface area contributed by atoms with Crippen LogP contribution < -0.4 is 5.90 Å². The van der Waals surface area contributed by atoms with Crippen LogP contribution in [0, 0.1) is 0 Å². The lowest BCUT2D eigenvalue weighted by atomic mass is 10.1. The smallest absolute Gasteiger partial charge is 0.193 e. The van der Waals surface area contributed by atoms with E-state index in [1.807, 2.05) is 6.07 Å². The number of hydrogen-bond donors (Lipinski definition) is 1. The van der Waals surface area contributed by atoms with Crippen molar-refractivity contribution in [3.05, 3.63) is 29.3 Å². The minimum absolute atomic E-state index is 0.202. The molecule has 0 unspecified atom stereocenters. The number of benzene rings is 1. The Labute approximate surface area is 82.8 Å². The van der Waals surface area contributed by atoms with Gasteiger partial charge in [0.15, 0.2) is 0 Å². The molecule has 0 bridgehead atoms. The van der Waals surface area contributed by atoms with Gasteiger partial charge in [-0.3, -0.25) is 0 Å². The molecule has 1 aliphatic rings. The average molecular weight is 214 g/mol. The monoisotopic (exact) mass is 214 g/mol. The standard InChI is InChI=1S/C9H12NO3S/c10-13-14(11,12)9-5-4-7-2-1-3-8(7)6-9/h4-6H,1-3H2,10H3/q+1. The fourth-order valence-electron chi connectivity index (χ4n) is 1.77. The van der Waals surface area contributed by atoms with Crippen LogP contribution in [0.15, 0.2) is 23.1 Å². The maximum atomic E-state index is 11.3. The van der Waals surface area contributed by atoms with Gasteiger partial charge >= 0.3 is 10.1 Å². The summed E-state index contributed by atoms with van der Waals surface area (Å²) < 4.78 is 26.8. The van der Waals surface area contributed by atoms with Crippen LogP contribution in [0.5, 0.6) is 0 Å². The molecule has 0 spiro atoms. The molecule has 0 saturated carbocycles. The van der Waals surface area contributed by atoms with Crippen LogP contribution in [0.1, 0.15) is 17.5 Å². The summed E-state index contributed by atoms with van der Waals surface area (Å²) >= 11 is 0. The molecule has 4 nitrogen and oxygen atoms in total. The molecule has 0 fully saturated rings. The lowest BCUT2D eigenvalue weighted by Gasteiger charge is -2.02. The molecule has 0 saturated heterocycles. The number of aryl methyl sites for hydroxylation is 2. The molecule has 0 atom stereocenters. The number of rotatable bonds is 2. The normalized spacial score (nSPS) is 15.5. The van der Waals surface area contributed by atoms with Gasteiger partial charge in [0.05, 0.1) is 4.90 Å². The molecule has 14 heavy (non-hydrogen) atoms. The van der Waals surface area contributed by atoms with Crippen molar-refractivity contribution >= 4 is 10.1 Å². The van der Waals surface area contributed by atoms with Crippen molar-refractivity contribution in [1.82, 2.24) is 0 Å². The van der Waals surface area contributed by atoms with Crippen molar-refractivity contribution in [1.29, 1.82) is 0 Å². The molecule has 3 N–H and O–H groups in total. The molecule has 0 amide bonds. The van der Waals surface area contributed by atoms with E-state index < -0.39 is 10.1 Å².